The minimum absolute atomic E-state index is 0.0297. The summed E-state index contributed by atoms with van der Waals surface area (Å²) in [5.74, 6) is -2.83. The van der Waals surface area contributed by atoms with Crippen LogP contribution in [0, 0.1) is 11.6 Å². The molecule has 0 aromatic heterocycles. The average Bonchev–Trinajstić information content (AvgIpc) is 2.10. The van der Waals surface area contributed by atoms with Crippen molar-refractivity contribution in [1.29, 1.82) is 0 Å². The Bertz CT molecular complexity index is 393. The minimum Gasteiger partial charge on any atom is -0.481 e. The first-order chi connectivity index (χ1) is 6.43. The molecule has 1 N–H and O–H groups in total. The fourth-order valence-corrected chi connectivity index (χ4v) is 2.12. The molecule has 2 nitrogen and oxygen atoms in total. The molecule has 0 bridgehead atoms. The van der Waals surface area contributed by atoms with Crippen molar-refractivity contribution in [2.24, 2.45) is 0 Å². The zero-order chi connectivity index (χ0) is 10.9. The summed E-state index contributed by atoms with van der Waals surface area (Å²) in [6.07, 6.45) is -0.483. The molecule has 0 saturated heterocycles. The maximum absolute atomic E-state index is 13.2. The zero-order valence-corrected chi connectivity index (χ0v) is 9.82. The number of halogens is 4. The standard InChI is InChI=1S/C8H4Br2F2O2/c9-4-1-3(2-5(13)14)7(11)6(10)8(4)12/h1H,2H2,(H,13,14). The first kappa shape index (κ1) is 11.6. The lowest BCUT2D eigenvalue weighted by Crippen LogP contribution is -2.04. The van der Waals surface area contributed by atoms with Gasteiger partial charge < -0.3 is 5.11 Å². The summed E-state index contributed by atoms with van der Waals surface area (Å²) in [6, 6.07) is 1.11. The average molecular weight is 330 g/mol. The first-order valence-electron chi connectivity index (χ1n) is 3.47. The van der Waals surface area contributed by atoms with Gasteiger partial charge in [0.1, 0.15) is 5.82 Å². The molecule has 76 valence electrons. The Labute approximate surface area is 95.2 Å². The number of benzene rings is 1. The molecule has 1 aromatic rings. The van der Waals surface area contributed by atoms with Gasteiger partial charge in [0, 0.05) is 5.56 Å². The normalized spacial score (nSPS) is 10.3. The van der Waals surface area contributed by atoms with Gasteiger partial charge >= 0.3 is 5.97 Å². The van der Waals surface area contributed by atoms with Crippen LogP contribution in [-0.4, -0.2) is 11.1 Å². The van der Waals surface area contributed by atoms with Gasteiger partial charge in [-0.15, -0.1) is 0 Å². The Kier molecular flexibility index (Phi) is 3.60. The highest BCUT2D eigenvalue weighted by molar-refractivity contribution is 9.11. The summed E-state index contributed by atoms with van der Waals surface area (Å²) in [5, 5.41) is 8.45. The van der Waals surface area contributed by atoms with Gasteiger partial charge in [0.05, 0.1) is 15.4 Å². The molecular formula is C8H4Br2F2O2. The van der Waals surface area contributed by atoms with E-state index in [4.69, 9.17) is 5.11 Å². The molecule has 0 radical (unpaired) electrons. The second kappa shape index (κ2) is 4.35. The van der Waals surface area contributed by atoms with E-state index in [1.807, 2.05) is 0 Å². The van der Waals surface area contributed by atoms with Gasteiger partial charge in [-0.25, -0.2) is 8.78 Å². The third-order valence-electron chi connectivity index (χ3n) is 1.52. The van der Waals surface area contributed by atoms with Crippen LogP contribution < -0.4 is 0 Å². The second-order valence-corrected chi connectivity index (χ2v) is 4.18. The van der Waals surface area contributed by atoms with Gasteiger partial charge in [0.25, 0.3) is 0 Å². The topological polar surface area (TPSA) is 37.3 Å². The predicted octanol–water partition coefficient (Wildman–Crippen LogP) is 3.12. The van der Waals surface area contributed by atoms with Gasteiger partial charge in [0.15, 0.2) is 5.82 Å². The molecule has 6 heteroatoms. The number of carboxylic acid groups (broad SMARTS) is 1. The Hall–Kier alpha value is -0.490. The van der Waals surface area contributed by atoms with Crippen LogP contribution in [0.3, 0.4) is 0 Å². The van der Waals surface area contributed by atoms with E-state index in [1.54, 1.807) is 0 Å². The van der Waals surface area contributed by atoms with Gasteiger partial charge in [-0.3, -0.25) is 4.79 Å². The highest BCUT2D eigenvalue weighted by Crippen LogP contribution is 2.29. The van der Waals surface area contributed by atoms with Crippen LogP contribution in [0.1, 0.15) is 5.56 Å². The molecule has 0 atom stereocenters. The Morgan fingerprint density at radius 3 is 2.43 bits per heavy atom. The third-order valence-corrected chi connectivity index (χ3v) is 2.79. The number of carbonyl (C=O) groups is 1. The largest absolute Gasteiger partial charge is 0.481 e. The summed E-state index contributed by atoms with van der Waals surface area (Å²) in [7, 11) is 0. The van der Waals surface area contributed by atoms with Crippen LogP contribution in [0.5, 0.6) is 0 Å². The molecule has 0 aliphatic carbocycles. The molecule has 0 saturated carbocycles. The minimum atomic E-state index is -1.17. The molecule has 1 aromatic carbocycles. The summed E-state index contributed by atoms with van der Waals surface area (Å²) in [6.45, 7) is 0. The van der Waals surface area contributed by atoms with Gasteiger partial charge in [-0.05, 0) is 37.9 Å². The van der Waals surface area contributed by atoms with E-state index in [0.29, 0.717) is 0 Å². The quantitative estimate of drug-likeness (QED) is 0.668. The molecule has 0 unspecified atom stereocenters. The molecule has 14 heavy (non-hydrogen) atoms. The zero-order valence-electron chi connectivity index (χ0n) is 6.65. The van der Waals surface area contributed by atoms with Gasteiger partial charge in [-0.2, -0.15) is 0 Å². The summed E-state index contributed by atoms with van der Waals surface area (Å²) >= 11 is 5.55. The number of hydrogen-bond donors (Lipinski definition) is 1. The highest BCUT2D eigenvalue weighted by atomic mass is 79.9. The van der Waals surface area contributed by atoms with Crippen LogP contribution in [0.4, 0.5) is 8.78 Å². The van der Waals surface area contributed by atoms with Gasteiger partial charge in [-0.1, -0.05) is 0 Å². The fourth-order valence-electron chi connectivity index (χ4n) is 0.913. The molecule has 0 fully saturated rings. The van der Waals surface area contributed by atoms with Crippen molar-refractivity contribution >= 4 is 37.8 Å². The first-order valence-corrected chi connectivity index (χ1v) is 5.05. The summed E-state index contributed by atoms with van der Waals surface area (Å²) in [5.41, 5.74) is -0.0716. The predicted molar refractivity (Wildman–Crippen MR) is 53.1 cm³/mol. The van der Waals surface area contributed by atoms with E-state index >= 15 is 0 Å². The monoisotopic (exact) mass is 328 g/mol. The maximum Gasteiger partial charge on any atom is 0.307 e. The van der Waals surface area contributed by atoms with Gasteiger partial charge in [0.2, 0.25) is 0 Å². The highest BCUT2D eigenvalue weighted by Gasteiger charge is 2.16. The molecule has 0 spiro atoms. The molecule has 0 heterocycles. The SMILES string of the molecule is O=C(O)Cc1cc(Br)c(F)c(Br)c1F. The van der Waals surface area contributed by atoms with Crippen LogP contribution in [0.2, 0.25) is 0 Å². The Morgan fingerprint density at radius 2 is 1.93 bits per heavy atom. The van der Waals surface area contributed by atoms with Crippen molar-refractivity contribution in [1.82, 2.24) is 0 Å². The lowest BCUT2D eigenvalue weighted by atomic mass is 10.1. The number of aliphatic carboxylic acids is 1. The second-order valence-electron chi connectivity index (χ2n) is 2.53. The lowest BCUT2D eigenvalue weighted by Gasteiger charge is -2.05. The van der Waals surface area contributed by atoms with E-state index in [0.717, 1.165) is 6.07 Å². The van der Waals surface area contributed by atoms with Crippen molar-refractivity contribution in [3.63, 3.8) is 0 Å². The molecule has 0 amide bonds. The fraction of sp³-hybridized carbons (Fsp3) is 0.125. The maximum atomic E-state index is 13.2. The van der Waals surface area contributed by atoms with Crippen molar-refractivity contribution < 1.29 is 18.7 Å². The van der Waals surface area contributed by atoms with Crippen LogP contribution in [0.15, 0.2) is 15.0 Å². The smallest absolute Gasteiger partial charge is 0.307 e. The van der Waals surface area contributed by atoms with Crippen molar-refractivity contribution in [3.8, 4) is 0 Å². The van der Waals surface area contributed by atoms with Crippen LogP contribution >= 0.6 is 31.9 Å². The van der Waals surface area contributed by atoms with Crippen molar-refractivity contribution in [3.05, 3.63) is 32.2 Å². The molecule has 0 aliphatic heterocycles. The van der Waals surface area contributed by atoms with E-state index < -0.39 is 24.0 Å². The van der Waals surface area contributed by atoms with Crippen molar-refractivity contribution in [2.75, 3.05) is 0 Å². The summed E-state index contributed by atoms with van der Waals surface area (Å²) in [4.78, 5) is 10.3. The van der Waals surface area contributed by atoms with Crippen molar-refractivity contribution in [2.45, 2.75) is 6.42 Å². The Balaban J connectivity index is 3.25. The van der Waals surface area contributed by atoms with E-state index in [1.165, 1.54) is 0 Å². The van der Waals surface area contributed by atoms with Crippen LogP contribution in [-0.2, 0) is 11.2 Å². The number of hydrogen-bond acceptors (Lipinski definition) is 1. The number of carboxylic acids is 1. The Morgan fingerprint density at radius 1 is 1.36 bits per heavy atom. The summed E-state index contributed by atoms with van der Waals surface area (Å²) < 4.78 is 25.9. The molecule has 0 aliphatic rings. The third kappa shape index (κ3) is 2.30. The van der Waals surface area contributed by atoms with E-state index in [-0.39, 0.29) is 14.5 Å². The lowest BCUT2D eigenvalue weighted by molar-refractivity contribution is -0.136. The molecule has 1 rings (SSSR count). The van der Waals surface area contributed by atoms with E-state index in [9.17, 15) is 13.6 Å². The van der Waals surface area contributed by atoms with E-state index in [2.05, 4.69) is 31.9 Å². The van der Waals surface area contributed by atoms with Crippen LogP contribution in [0.25, 0.3) is 0 Å². The molecular weight excluding hydrogens is 326 g/mol. The number of rotatable bonds is 2.